The zero-order valence-corrected chi connectivity index (χ0v) is 16.6. The Morgan fingerprint density at radius 3 is 2.61 bits per heavy atom. The summed E-state index contributed by atoms with van der Waals surface area (Å²) >= 11 is 6.34. The van der Waals surface area contributed by atoms with E-state index < -0.39 is 11.1 Å². The molecule has 0 spiro atoms. The van der Waals surface area contributed by atoms with Gasteiger partial charge in [0.25, 0.3) is 5.91 Å². The summed E-state index contributed by atoms with van der Waals surface area (Å²) in [5.41, 5.74) is 0.475. The summed E-state index contributed by atoms with van der Waals surface area (Å²) < 4.78 is 0. The first-order valence-electron chi connectivity index (χ1n) is 10.2. The smallest absolute Gasteiger partial charge is 0.277 e. The number of nitrogens with zero attached hydrogens (tertiary/aromatic N) is 1. The average Bonchev–Trinajstić information content (AvgIpc) is 3.08. The number of anilines is 1. The van der Waals surface area contributed by atoms with E-state index >= 15 is 0 Å². The summed E-state index contributed by atoms with van der Waals surface area (Å²) in [6.07, 6.45) is 6.15. The zero-order chi connectivity index (χ0) is 19.4. The third-order valence-electron chi connectivity index (χ3n) is 6.88. The van der Waals surface area contributed by atoms with Gasteiger partial charge in [-0.05, 0) is 48.6 Å². The van der Waals surface area contributed by atoms with Gasteiger partial charge < -0.3 is 15.3 Å². The van der Waals surface area contributed by atoms with Crippen molar-refractivity contribution >= 4 is 23.2 Å². The number of carbonyl (C=O) groups excluding carboxylic acids is 1. The molecule has 1 aliphatic carbocycles. The second-order valence-corrected chi connectivity index (χ2v) is 8.93. The van der Waals surface area contributed by atoms with E-state index in [1.165, 1.54) is 6.42 Å². The lowest BCUT2D eigenvalue weighted by atomic mass is 9.72. The molecule has 2 aliphatic heterocycles. The van der Waals surface area contributed by atoms with Crippen LogP contribution in [0.25, 0.3) is 0 Å². The number of rotatable bonds is 3. The number of likely N-dealkylation sites (tertiary alicyclic amines) is 1. The maximum atomic E-state index is 13.5. The van der Waals surface area contributed by atoms with E-state index in [1.54, 1.807) is 6.07 Å². The van der Waals surface area contributed by atoms with Crippen molar-refractivity contribution in [3.05, 3.63) is 64.7 Å². The molecule has 3 aliphatic rings. The molecule has 5 heteroatoms. The summed E-state index contributed by atoms with van der Waals surface area (Å²) in [6, 6.07) is 15.9. The van der Waals surface area contributed by atoms with Crippen molar-refractivity contribution in [1.29, 1.82) is 0 Å². The number of aliphatic hydroxyl groups is 1. The Balaban J connectivity index is 1.63. The van der Waals surface area contributed by atoms with Gasteiger partial charge in [-0.3, -0.25) is 4.79 Å². The van der Waals surface area contributed by atoms with Crippen molar-refractivity contribution in [1.82, 2.24) is 4.90 Å². The number of carbonyl (C=O) groups is 1. The lowest BCUT2D eigenvalue weighted by Crippen LogP contribution is -2.55. The molecule has 0 unspecified atom stereocenters. The van der Waals surface area contributed by atoms with Crippen LogP contribution in [-0.2, 0) is 16.6 Å². The van der Waals surface area contributed by atoms with Gasteiger partial charge in [-0.1, -0.05) is 61.2 Å². The highest BCUT2D eigenvalue weighted by atomic mass is 35.5. The van der Waals surface area contributed by atoms with E-state index in [9.17, 15) is 9.90 Å². The van der Waals surface area contributed by atoms with Crippen molar-refractivity contribution in [2.24, 2.45) is 0 Å². The van der Waals surface area contributed by atoms with Gasteiger partial charge in [0, 0.05) is 23.3 Å². The molecule has 28 heavy (non-hydrogen) atoms. The van der Waals surface area contributed by atoms with Crippen molar-refractivity contribution in [3.63, 3.8) is 0 Å². The normalized spacial score (nSPS) is 29.5. The second-order valence-electron chi connectivity index (χ2n) is 8.49. The van der Waals surface area contributed by atoms with E-state index in [2.05, 4.69) is 17.4 Å². The number of amides is 1. The molecule has 146 valence electrons. The fourth-order valence-corrected chi connectivity index (χ4v) is 5.64. The van der Waals surface area contributed by atoms with Crippen LogP contribution in [0, 0.1) is 0 Å². The highest BCUT2D eigenvalue weighted by molar-refractivity contribution is 6.30. The van der Waals surface area contributed by atoms with Crippen molar-refractivity contribution < 1.29 is 9.90 Å². The van der Waals surface area contributed by atoms with Crippen LogP contribution in [0.15, 0.2) is 48.5 Å². The summed E-state index contributed by atoms with van der Waals surface area (Å²) in [5, 5.41) is 15.6. The van der Waals surface area contributed by atoms with Gasteiger partial charge in [-0.25, -0.2) is 0 Å². The lowest BCUT2D eigenvalue weighted by Gasteiger charge is -2.34. The molecule has 1 amide bonds. The monoisotopic (exact) mass is 396 g/mol. The van der Waals surface area contributed by atoms with Gasteiger partial charge in [0.05, 0.1) is 5.41 Å². The van der Waals surface area contributed by atoms with Crippen LogP contribution >= 0.6 is 11.6 Å². The largest absolute Gasteiger partial charge is 0.362 e. The average molecular weight is 397 g/mol. The number of benzene rings is 2. The minimum Gasteiger partial charge on any atom is -0.362 e. The Labute approximate surface area is 170 Å². The molecule has 1 saturated carbocycles. The molecule has 2 heterocycles. The molecule has 5 rings (SSSR count). The van der Waals surface area contributed by atoms with Crippen molar-refractivity contribution in [2.45, 2.75) is 55.7 Å². The molecule has 2 atom stereocenters. The highest BCUT2D eigenvalue weighted by Gasteiger charge is 2.68. The van der Waals surface area contributed by atoms with E-state index in [4.69, 9.17) is 11.6 Å². The van der Waals surface area contributed by atoms with Crippen LogP contribution in [0.5, 0.6) is 0 Å². The van der Waals surface area contributed by atoms with Crippen LogP contribution in [0.2, 0.25) is 5.02 Å². The predicted molar refractivity (Wildman–Crippen MR) is 110 cm³/mol. The minimum atomic E-state index is -1.63. The van der Waals surface area contributed by atoms with Gasteiger partial charge in [-0.2, -0.15) is 0 Å². The van der Waals surface area contributed by atoms with Gasteiger partial charge in [0.1, 0.15) is 0 Å². The molecule has 1 saturated heterocycles. The first-order valence-corrected chi connectivity index (χ1v) is 10.6. The van der Waals surface area contributed by atoms with Crippen molar-refractivity contribution in [3.8, 4) is 0 Å². The number of halogens is 1. The van der Waals surface area contributed by atoms with E-state index in [-0.39, 0.29) is 11.9 Å². The summed E-state index contributed by atoms with van der Waals surface area (Å²) in [6.45, 7) is 0.516. The van der Waals surface area contributed by atoms with E-state index in [0.717, 1.165) is 42.5 Å². The molecular weight excluding hydrogens is 372 g/mol. The first kappa shape index (κ1) is 18.0. The third kappa shape index (κ3) is 2.51. The molecule has 4 nitrogen and oxygen atoms in total. The Morgan fingerprint density at radius 1 is 1.11 bits per heavy atom. The molecule has 0 bridgehead atoms. The summed E-state index contributed by atoms with van der Waals surface area (Å²) in [4.78, 5) is 15.5. The SMILES string of the molecule is O=C1N(C2CCCCC2)C[C@@]2(Cc3ccccc3)c3cc(Cl)ccc3N[C@@]12O. The molecule has 2 aromatic carbocycles. The lowest BCUT2D eigenvalue weighted by molar-refractivity contribution is -0.144. The Bertz CT molecular complexity index is 912. The van der Waals surface area contributed by atoms with E-state index in [1.807, 2.05) is 35.2 Å². The molecule has 0 radical (unpaired) electrons. The Kier molecular flexibility index (Phi) is 4.18. The van der Waals surface area contributed by atoms with Crippen LogP contribution in [-0.4, -0.2) is 34.2 Å². The Hall–Kier alpha value is -2.04. The van der Waals surface area contributed by atoms with Gasteiger partial charge in [0.2, 0.25) is 5.72 Å². The first-order chi connectivity index (χ1) is 13.5. The maximum absolute atomic E-state index is 13.5. The molecular formula is C23H25ClN2O2. The fraction of sp³-hybridized carbons (Fsp3) is 0.435. The van der Waals surface area contributed by atoms with Gasteiger partial charge >= 0.3 is 0 Å². The van der Waals surface area contributed by atoms with Crippen LogP contribution < -0.4 is 5.32 Å². The van der Waals surface area contributed by atoms with E-state index in [0.29, 0.717) is 18.0 Å². The number of hydrogen-bond acceptors (Lipinski definition) is 3. The van der Waals surface area contributed by atoms with Gasteiger partial charge in [0.15, 0.2) is 0 Å². The van der Waals surface area contributed by atoms with Crippen LogP contribution in [0.4, 0.5) is 5.69 Å². The molecule has 2 aromatic rings. The summed E-state index contributed by atoms with van der Waals surface area (Å²) in [5.74, 6) is -0.192. The van der Waals surface area contributed by atoms with Crippen LogP contribution in [0.3, 0.4) is 0 Å². The second kappa shape index (κ2) is 6.50. The van der Waals surface area contributed by atoms with Crippen LogP contribution in [0.1, 0.15) is 43.2 Å². The maximum Gasteiger partial charge on any atom is 0.277 e. The molecule has 2 fully saturated rings. The summed E-state index contributed by atoms with van der Waals surface area (Å²) in [7, 11) is 0. The zero-order valence-electron chi connectivity index (χ0n) is 15.8. The number of nitrogens with one attached hydrogen (secondary N) is 1. The standard InChI is InChI=1S/C23H25ClN2O2/c24-17-11-12-20-19(13-17)22(14-16-7-3-1-4-8-16)15-26(18-9-5-2-6-10-18)21(27)23(22,28)25-20/h1,3-4,7-8,11-13,18,25,28H,2,5-6,9-10,14-15H2/t22-,23+/m0/s1. The number of hydrogen-bond donors (Lipinski definition) is 2. The predicted octanol–water partition coefficient (Wildman–Crippen LogP) is 4.11. The van der Waals surface area contributed by atoms with Crippen molar-refractivity contribution in [2.75, 3.05) is 11.9 Å². The quantitative estimate of drug-likeness (QED) is 0.820. The Morgan fingerprint density at radius 2 is 1.86 bits per heavy atom. The minimum absolute atomic E-state index is 0.192. The highest BCUT2D eigenvalue weighted by Crippen LogP contribution is 2.54. The topological polar surface area (TPSA) is 52.6 Å². The third-order valence-corrected chi connectivity index (χ3v) is 7.12. The number of fused-ring (bicyclic) bond motifs is 3. The molecule has 0 aromatic heterocycles. The fourth-order valence-electron chi connectivity index (χ4n) is 5.47. The van der Waals surface area contributed by atoms with Gasteiger partial charge in [-0.15, -0.1) is 0 Å². The molecule has 2 N–H and O–H groups in total.